The second-order valence-electron chi connectivity index (χ2n) is 5.30. The Morgan fingerprint density at radius 3 is 2.54 bits per heavy atom. The summed E-state index contributed by atoms with van der Waals surface area (Å²) < 4.78 is 5.17. The van der Waals surface area contributed by atoms with Gasteiger partial charge in [0, 0.05) is 23.2 Å². The zero-order chi connectivity index (χ0) is 18.5. The van der Waals surface area contributed by atoms with Gasteiger partial charge >= 0.3 is 6.03 Å². The van der Waals surface area contributed by atoms with Crippen molar-refractivity contribution in [3.05, 3.63) is 58.9 Å². The van der Waals surface area contributed by atoms with Crippen LogP contribution in [0.4, 0.5) is 16.3 Å². The molecule has 2 heterocycles. The van der Waals surface area contributed by atoms with E-state index >= 15 is 0 Å². The molecule has 8 heteroatoms. The maximum atomic E-state index is 12.4. The Morgan fingerprint density at radius 2 is 1.92 bits per heavy atom. The van der Waals surface area contributed by atoms with Gasteiger partial charge in [0.2, 0.25) is 0 Å². The van der Waals surface area contributed by atoms with Gasteiger partial charge in [-0.15, -0.1) is 0 Å². The Kier molecular flexibility index (Phi) is 5.14. The highest BCUT2D eigenvalue weighted by Gasteiger charge is 2.13. The molecule has 0 aliphatic heterocycles. The summed E-state index contributed by atoms with van der Waals surface area (Å²) in [4.78, 5) is 27.7. The van der Waals surface area contributed by atoms with Crippen LogP contribution >= 0.6 is 11.3 Å². The number of amides is 3. The van der Waals surface area contributed by atoms with E-state index in [4.69, 9.17) is 10.5 Å². The summed E-state index contributed by atoms with van der Waals surface area (Å²) >= 11 is 1.43. The zero-order valence-corrected chi connectivity index (χ0v) is 14.7. The molecule has 0 saturated carbocycles. The van der Waals surface area contributed by atoms with E-state index in [0.717, 1.165) is 11.3 Å². The van der Waals surface area contributed by atoms with E-state index in [1.54, 1.807) is 30.8 Å². The average Bonchev–Trinajstić information content (AvgIpc) is 3.16. The number of nitrogens with one attached hydrogen (secondary N) is 2. The quantitative estimate of drug-likeness (QED) is 0.640. The van der Waals surface area contributed by atoms with Gasteiger partial charge in [0.1, 0.15) is 11.6 Å². The molecule has 0 atom stereocenters. The van der Waals surface area contributed by atoms with Gasteiger partial charge in [-0.2, -0.15) is 11.3 Å². The van der Waals surface area contributed by atoms with Crippen LogP contribution in [0.3, 0.4) is 0 Å². The lowest BCUT2D eigenvalue weighted by atomic mass is 10.1. The van der Waals surface area contributed by atoms with Crippen LogP contribution in [0.15, 0.2) is 53.4 Å². The van der Waals surface area contributed by atoms with Crippen LogP contribution in [0.1, 0.15) is 10.4 Å². The van der Waals surface area contributed by atoms with Gasteiger partial charge in [-0.1, -0.05) is 12.1 Å². The molecular weight excluding hydrogens is 352 g/mol. The number of hydrogen-bond donors (Lipinski definition) is 3. The number of carbonyl (C=O) groups excluding carboxylic acids is 2. The summed E-state index contributed by atoms with van der Waals surface area (Å²) in [6.07, 6.45) is 1.57. The number of pyridine rings is 1. The topological polar surface area (TPSA) is 106 Å². The van der Waals surface area contributed by atoms with Crippen molar-refractivity contribution in [1.29, 1.82) is 0 Å². The summed E-state index contributed by atoms with van der Waals surface area (Å²) in [6.45, 7) is 0. The number of benzene rings is 1. The summed E-state index contributed by atoms with van der Waals surface area (Å²) in [5.41, 5.74) is 7.74. The zero-order valence-electron chi connectivity index (χ0n) is 13.9. The molecule has 1 aromatic carbocycles. The summed E-state index contributed by atoms with van der Waals surface area (Å²) in [6, 6.07) is 9.91. The number of carbonyl (C=O) groups is 2. The van der Waals surface area contributed by atoms with E-state index < -0.39 is 6.03 Å². The van der Waals surface area contributed by atoms with Gasteiger partial charge < -0.3 is 15.8 Å². The van der Waals surface area contributed by atoms with Gasteiger partial charge in [-0.05, 0) is 29.1 Å². The molecule has 0 saturated heterocycles. The number of hydrogen-bond acceptors (Lipinski definition) is 5. The Bertz CT molecular complexity index is 924. The number of aromatic nitrogens is 1. The Morgan fingerprint density at radius 1 is 1.15 bits per heavy atom. The van der Waals surface area contributed by atoms with E-state index in [0.29, 0.717) is 16.8 Å². The fourth-order valence-corrected chi connectivity index (χ4v) is 2.98. The number of nitrogens with two attached hydrogens (primary N) is 1. The molecule has 26 heavy (non-hydrogen) atoms. The minimum atomic E-state index is -0.732. The lowest BCUT2D eigenvalue weighted by Gasteiger charge is -2.13. The molecule has 3 amide bonds. The molecule has 2 aromatic heterocycles. The Hall–Kier alpha value is -3.39. The van der Waals surface area contributed by atoms with Crippen LogP contribution in [0.5, 0.6) is 5.75 Å². The third kappa shape index (κ3) is 3.98. The molecule has 0 fully saturated rings. The van der Waals surface area contributed by atoms with Crippen LogP contribution < -0.4 is 21.1 Å². The number of methoxy groups -OCH3 is 1. The smallest absolute Gasteiger partial charge is 0.317 e. The largest absolute Gasteiger partial charge is 0.497 e. The number of rotatable bonds is 5. The summed E-state index contributed by atoms with van der Waals surface area (Å²) in [7, 11) is 1.59. The maximum Gasteiger partial charge on any atom is 0.317 e. The Balaban J connectivity index is 1.98. The van der Waals surface area contributed by atoms with Crippen molar-refractivity contribution in [3.63, 3.8) is 0 Å². The fraction of sp³-hybridized carbons (Fsp3) is 0.0556. The molecule has 3 rings (SSSR count). The highest BCUT2D eigenvalue weighted by molar-refractivity contribution is 7.08. The van der Waals surface area contributed by atoms with Crippen molar-refractivity contribution in [2.75, 3.05) is 17.7 Å². The van der Waals surface area contributed by atoms with Crippen LogP contribution in [-0.4, -0.2) is 24.0 Å². The monoisotopic (exact) mass is 368 g/mol. The third-order valence-electron chi connectivity index (χ3n) is 3.59. The van der Waals surface area contributed by atoms with E-state index in [9.17, 15) is 9.59 Å². The molecule has 4 N–H and O–H groups in total. The molecule has 0 radical (unpaired) electrons. The second-order valence-corrected chi connectivity index (χ2v) is 6.08. The molecule has 3 aromatic rings. The maximum absolute atomic E-state index is 12.4. The second kappa shape index (κ2) is 7.66. The lowest BCUT2D eigenvalue weighted by molar-refractivity contribution is 0.102. The lowest BCUT2D eigenvalue weighted by Crippen LogP contribution is -2.20. The van der Waals surface area contributed by atoms with Gasteiger partial charge in [0.05, 0.1) is 18.4 Å². The minimum Gasteiger partial charge on any atom is -0.497 e. The normalized spacial score (nSPS) is 10.2. The SMILES string of the molecule is COc1ccc(-c2cnc(NC(N)=O)cc2NC(=O)c2ccsc2)cc1. The predicted molar refractivity (Wildman–Crippen MR) is 102 cm³/mol. The molecule has 7 nitrogen and oxygen atoms in total. The highest BCUT2D eigenvalue weighted by atomic mass is 32.1. The summed E-state index contributed by atoms with van der Waals surface area (Å²) in [5.74, 6) is 0.713. The molecule has 0 spiro atoms. The van der Waals surface area contributed by atoms with Gasteiger partial charge in [-0.3, -0.25) is 10.1 Å². The number of ether oxygens (including phenoxy) is 1. The van der Waals surface area contributed by atoms with Crippen LogP contribution in [0, 0.1) is 0 Å². The van der Waals surface area contributed by atoms with Crippen molar-refractivity contribution < 1.29 is 14.3 Å². The van der Waals surface area contributed by atoms with Crippen LogP contribution in [-0.2, 0) is 0 Å². The molecular formula is C18H16N4O3S. The molecule has 0 aliphatic rings. The molecule has 0 bridgehead atoms. The molecule has 0 aliphatic carbocycles. The molecule has 132 valence electrons. The van der Waals surface area contributed by atoms with E-state index in [-0.39, 0.29) is 11.7 Å². The average molecular weight is 368 g/mol. The number of thiophene rings is 1. The van der Waals surface area contributed by atoms with E-state index in [1.165, 1.54) is 11.3 Å². The first-order valence-corrected chi connectivity index (χ1v) is 8.55. The van der Waals surface area contributed by atoms with Gasteiger partial charge in [0.15, 0.2) is 0 Å². The number of primary amides is 1. The van der Waals surface area contributed by atoms with Gasteiger partial charge in [0.25, 0.3) is 5.91 Å². The predicted octanol–water partition coefficient (Wildman–Crippen LogP) is 3.56. The van der Waals surface area contributed by atoms with E-state index in [2.05, 4.69) is 15.6 Å². The standard InChI is InChI=1S/C18H16N4O3S/c1-25-13-4-2-11(3-5-13)14-9-20-16(22-18(19)24)8-15(14)21-17(23)12-6-7-26-10-12/h2-10H,1H3,(H4,19,20,21,22,23,24). The van der Waals surface area contributed by atoms with Crippen molar-refractivity contribution in [3.8, 4) is 16.9 Å². The minimum absolute atomic E-state index is 0.246. The van der Waals surface area contributed by atoms with Crippen molar-refractivity contribution in [2.45, 2.75) is 0 Å². The van der Waals surface area contributed by atoms with Crippen molar-refractivity contribution >= 4 is 34.8 Å². The summed E-state index contributed by atoms with van der Waals surface area (Å²) in [5, 5.41) is 8.85. The third-order valence-corrected chi connectivity index (χ3v) is 4.27. The fourth-order valence-electron chi connectivity index (χ4n) is 2.34. The first-order chi connectivity index (χ1) is 12.6. The highest BCUT2D eigenvalue weighted by Crippen LogP contribution is 2.31. The van der Waals surface area contributed by atoms with E-state index in [1.807, 2.05) is 29.6 Å². The number of urea groups is 1. The molecule has 0 unspecified atom stereocenters. The number of nitrogens with zero attached hydrogens (tertiary/aromatic N) is 1. The van der Waals surface area contributed by atoms with Crippen LogP contribution in [0.25, 0.3) is 11.1 Å². The van der Waals surface area contributed by atoms with Crippen LogP contribution in [0.2, 0.25) is 0 Å². The van der Waals surface area contributed by atoms with Gasteiger partial charge in [-0.25, -0.2) is 9.78 Å². The van der Waals surface area contributed by atoms with Crippen molar-refractivity contribution in [2.24, 2.45) is 5.73 Å². The Labute approximate surface area is 153 Å². The first kappa shape index (κ1) is 17.4. The van der Waals surface area contributed by atoms with Crippen molar-refractivity contribution in [1.82, 2.24) is 4.98 Å². The number of anilines is 2. The first-order valence-electron chi connectivity index (χ1n) is 7.61.